The highest BCUT2D eigenvalue weighted by molar-refractivity contribution is 7.88. The number of carbonyl (C=O) groups excluding carboxylic acids is 1. The Morgan fingerprint density at radius 2 is 1.61 bits per heavy atom. The van der Waals surface area contributed by atoms with E-state index in [0.717, 1.165) is 5.69 Å². The summed E-state index contributed by atoms with van der Waals surface area (Å²) in [7, 11) is -3.14. The van der Waals surface area contributed by atoms with Gasteiger partial charge in [-0.05, 0) is 24.3 Å². The van der Waals surface area contributed by atoms with Crippen LogP contribution in [0.1, 0.15) is 0 Å². The molecule has 1 heterocycles. The number of piperazine rings is 1. The summed E-state index contributed by atoms with van der Waals surface area (Å²) >= 11 is 16.5. The average molecular weight is 401 g/mol. The fraction of sp³-hybridized carbons (Fsp3) is 0.462. The van der Waals surface area contributed by atoms with Crippen LogP contribution in [-0.4, -0.2) is 54.9 Å². The van der Waals surface area contributed by atoms with Crippen LogP contribution in [0.15, 0.2) is 24.3 Å². The molecule has 0 radical (unpaired) electrons. The molecule has 0 aliphatic carbocycles. The Labute approximate surface area is 150 Å². The van der Waals surface area contributed by atoms with Gasteiger partial charge in [-0.1, -0.05) is 34.8 Å². The molecular weight excluding hydrogens is 385 g/mol. The van der Waals surface area contributed by atoms with Crippen molar-refractivity contribution in [1.29, 1.82) is 0 Å². The molecule has 1 aliphatic heterocycles. The summed E-state index contributed by atoms with van der Waals surface area (Å²) in [5.41, 5.74) is 1.45. The van der Waals surface area contributed by atoms with Crippen molar-refractivity contribution in [2.45, 2.75) is 3.79 Å². The van der Waals surface area contributed by atoms with Gasteiger partial charge in [-0.15, -0.1) is 0 Å². The van der Waals surface area contributed by atoms with Crippen LogP contribution in [0.4, 0.5) is 11.4 Å². The normalized spacial score (nSPS) is 17.1. The van der Waals surface area contributed by atoms with E-state index >= 15 is 0 Å². The largest absolute Gasteiger partial charge is 0.369 e. The number of halogens is 3. The van der Waals surface area contributed by atoms with Gasteiger partial charge < -0.3 is 10.2 Å². The van der Waals surface area contributed by atoms with Gasteiger partial charge in [0.1, 0.15) is 0 Å². The first-order chi connectivity index (χ1) is 10.6. The minimum absolute atomic E-state index is 0.449. The number of sulfonamides is 1. The van der Waals surface area contributed by atoms with Crippen molar-refractivity contribution in [2.75, 3.05) is 42.7 Å². The van der Waals surface area contributed by atoms with Gasteiger partial charge in [0.25, 0.3) is 9.70 Å². The van der Waals surface area contributed by atoms with E-state index in [2.05, 4.69) is 10.2 Å². The molecule has 0 saturated carbocycles. The molecule has 0 aromatic heterocycles. The number of hydrogen-bond donors (Lipinski definition) is 1. The van der Waals surface area contributed by atoms with Crippen molar-refractivity contribution in [3.05, 3.63) is 24.3 Å². The molecule has 0 bridgehead atoms. The molecule has 1 fully saturated rings. The van der Waals surface area contributed by atoms with Crippen molar-refractivity contribution in [3.8, 4) is 0 Å². The third-order valence-electron chi connectivity index (χ3n) is 3.46. The Hall–Kier alpha value is -0.730. The molecule has 1 saturated heterocycles. The Morgan fingerprint density at radius 3 is 2.04 bits per heavy atom. The lowest BCUT2D eigenvalue weighted by Crippen LogP contribution is -2.48. The van der Waals surface area contributed by atoms with Crippen LogP contribution in [0.25, 0.3) is 0 Å². The van der Waals surface area contributed by atoms with Gasteiger partial charge in [0.15, 0.2) is 0 Å². The quantitative estimate of drug-likeness (QED) is 0.789. The van der Waals surface area contributed by atoms with Crippen molar-refractivity contribution in [1.82, 2.24) is 4.31 Å². The lowest BCUT2D eigenvalue weighted by molar-refractivity contribution is -0.115. The topological polar surface area (TPSA) is 69.7 Å². The summed E-state index contributed by atoms with van der Waals surface area (Å²) < 4.78 is 22.4. The minimum atomic E-state index is -3.14. The summed E-state index contributed by atoms with van der Waals surface area (Å²) in [5, 5.41) is 2.50. The molecule has 1 amide bonds. The van der Waals surface area contributed by atoms with Gasteiger partial charge in [0.2, 0.25) is 10.0 Å². The van der Waals surface area contributed by atoms with Gasteiger partial charge in [-0.3, -0.25) is 4.79 Å². The number of anilines is 2. The molecule has 0 unspecified atom stereocenters. The zero-order valence-corrected chi connectivity index (χ0v) is 15.4. The van der Waals surface area contributed by atoms with E-state index in [1.165, 1.54) is 10.6 Å². The number of amides is 1. The second-order valence-electron chi connectivity index (χ2n) is 5.15. The van der Waals surface area contributed by atoms with Crippen LogP contribution < -0.4 is 10.2 Å². The maximum Gasteiger partial charge on any atom is 0.276 e. The van der Waals surface area contributed by atoms with Crippen molar-refractivity contribution in [3.63, 3.8) is 0 Å². The first kappa shape index (κ1) is 18.6. The van der Waals surface area contributed by atoms with Gasteiger partial charge in [0.05, 0.1) is 6.26 Å². The molecule has 1 aromatic rings. The number of hydrogen-bond acceptors (Lipinski definition) is 4. The van der Waals surface area contributed by atoms with Crippen LogP contribution in [-0.2, 0) is 14.8 Å². The van der Waals surface area contributed by atoms with E-state index in [1.54, 1.807) is 12.1 Å². The van der Waals surface area contributed by atoms with E-state index in [9.17, 15) is 13.2 Å². The van der Waals surface area contributed by atoms with Gasteiger partial charge in [-0.25, -0.2) is 8.42 Å². The molecule has 1 aliphatic rings. The van der Waals surface area contributed by atoms with E-state index < -0.39 is 19.7 Å². The second kappa shape index (κ2) is 7.03. The predicted octanol–water partition coefficient (Wildman–Crippen LogP) is 2.08. The number of alkyl halides is 3. The predicted molar refractivity (Wildman–Crippen MR) is 94.0 cm³/mol. The summed E-state index contributed by atoms with van der Waals surface area (Å²) in [6.45, 7) is 2.11. The summed E-state index contributed by atoms with van der Waals surface area (Å²) in [6, 6.07) is 7.05. The minimum Gasteiger partial charge on any atom is -0.369 e. The maximum absolute atomic E-state index is 11.6. The molecule has 0 spiro atoms. The molecule has 0 atom stereocenters. The second-order valence-corrected chi connectivity index (χ2v) is 9.41. The van der Waals surface area contributed by atoms with E-state index in [0.29, 0.717) is 31.9 Å². The smallest absolute Gasteiger partial charge is 0.276 e. The first-order valence-electron chi connectivity index (χ1n) is 6.76. The number of nitrogens with one attached hydrogen (secondary N) is 1. The SMILES string of the molecule is CS(=O)(=O)N1CCN(c2ccc(NC(=O)C(Cl)(Cl)Cl)cc2)CC1. The van der Waals surface area contributed by atoms with Crippen LogP contribution in [0, 0.1) is 0 Å². The highest BCUT2D eigenvalue weighted by Gasteiger charge is 2.30. The Morgan fingerprint density at radius 1 is 1.09 bits per heavy atom. The third-order valence-corrected chi connectivity index (χ3v) is 5.27. The number of carbonyl (C=O) groups is 1. The Bertz CT molecular complexity index is 666. The monoisotopic (exact) mass is 399 g/mol. The fourth-order valence-electron chi connectivity index (χ4n) is 2.24. The molecule has 1 aromatic carbocycles. The highest BCUT2D eigenvalue weighted by Crippen LogP contribution is 2.28. The fourth-order valence-corrected chi connectivity index (χ4v) is 3.20. The van der Waals surface area contributed by atoms with Gasteiger partial charge >= 0.3 is 0 Å². The molecule has 10 heteroatoms. The summed E-state index contributed by atoms with van der Waals surface area (Å²) in [6.07, 6.45) is 1.21. The molecule has 2 rings (SSSR count). The number of benzene rings is 1. The Kier molecular flexibility index (Phi) is 5.68. The average Bonchev–Trinajstić information content (AvgIpc) is 2.46. The van der Waals surface area contributed by atoms with Crippen molar-refractivity contribution in [2.24, 2.45) is 0 Å². The van der Waals surface area contributed by atoms with E-state index in [1.807, 2.05) is 12.1 Å². The van der Waals surface area contributed by atoms with Crippen molar-refractivity contribution >= 4 is 62.1 Å². The highest BCUT2D eigenvalue weighted by atomic mass is 35.6. The third kappa shape index (κ3) is 5.12. The summed E-state index contributed by atoms with van der Waals surface area (Å²) in [5.74, 6) is -0.725. The number of nitrogens with zero attached hydrogens (tertiary/aromatic N) is 2. The molecule has 23 heavy (non-hydrogen) atoms. The number of rotatable bonds is 3. The standard InChI is InChI=1S/C13H16Cl3N3O3S/c1-23(21,22)19-8-6-18(7-9-19)11-4-2-10(3-5-11)17-12(20)13(14,15)16/h2-5H,6-9H2,1H3,(H,17,20). The van der Waals surface area contributed by atoms with Crippen LogP contribution in [0.3, 0.4) is 0 Å². The van der Waals surface area contributed by atoms with Crippen LogP contribution >= 0.6 is 34.8 Å². The lowest BCUT2D eigenvalue weighted by atomic mass is 10.2. The first-order valence-corrected chi connectivity index (χ1v) is 9.74. The molecule has 6 nitrogen and oxygen atoms in total. The molecule has 1 N–H and O–H groups in total. The molecule has 128 valence electrons. The summed E-state index contributed by atoms with van der Waals surface area (Å²) in [4.78, 5) is 13.6. The Balaban J connectivity index is 1.97. The van der Waals surface area contributed by atoms with E-state index in [4.69, 9.17) is 34.8 Å². The maximum atomic E-state index is 11.6. The van der Waals surface area contributed by atoms with Crippen LogP contribution in [0.5, 0.6) is 0 Å². The van der Waals surface area contributed by atoms with Crippen molar-refractivity contribution < 1.29 is 13.2 Å². The lowest BCUT2D eigenvalue weighted by Gasteiger charge is -2.34. The van der Waals surface area contributed by atoms with Gasteiger partial charge in [0, 0.05) is 37.6 Å². The van der Waals surface area contributed by atoms with E-state index in [-0.39, 0.29) is 0 Å². The van der Waals surface area contributed by atoms with Crippen LogP contribution in [0.2, 0.25) is 0 Å². The van der Waals surface area contributed by atoms with Gasteiger partial charge in [-0.2, -0.15) is 4.31 Å². The zero-order valence-electron chi connectivity index (χ0n) is 12.3. The molecular formula is C13H16Cl3N3O3S. The zero-order chi connectivity index (χ0) is 17.3.